The fraction of sp³-hybridized carbons (Fsp3) is 0.278. The Balaban J connectivity index is 2.30. The predicted octanol–water partition coefficient (Wildman–Crippen LogP) is 3.09. The Kier molecular flexibility index (Phi) is 5.93. The number of carbonyl (C=O) groups is 1. The first-order valence-electron chi connectivity index (χ1n) is 7.66. The van der Waals surface area contributed by atoms with Gasteiger partial charge in [0.05, 0.1) is 19.2 Å². The van der Waals surface area contributed by atoms with Crippen molar-refractivity contribution in [1.82, 2.24) is 9.55 Å². The number of aromatic amines is 1. The van der Waals surface area contributed by atoms with Crippen molar-refractivity contribution in [2.45, 2.75) is 26.5 Å². The largest absolute Gasteiger partial charge is 0.497 e. The Morgan fingerprint density at radius 3 is 2.56 bits per heavy atom. The van der Waals surface area contributed by atoms with Crippen LogP contribution < -0.4 is 10.3 Å². The van der Waals surface area contributed by atoms with Gasteiger partial charge in [-0.3, -0.25) is 9.78 Å². The Labute approximate surface area is 150 Å². The first kappa shape index (κ1) is 18.7. The van der Waals surface area contributed by atoms with E-state index in [1.165, 1.54) is 0 Å². The Bertz CT molecular complexity index is 897. The molecular formula is C18H20N2O4S. The third-order valence-electron chi connectivity index (χ3n) is 3.52. The molecule has 0 aliphatic rings. The molecule has 1 unspecified atom stereocenters. The SMILES string of the molecule is C=C(C)C(=O)OC(C)Cn1cc(-c2ccc(OC)cc2)c(=O)[nH]c1=S. The lowest BCUT2D eigenvalue weighted by atomic mass is 10.1. The van der Waals surface area contributed by atoms with E-state index in [0.29, 0.717) is 23.4 Å². The minimum atomic E-state index is -0.459. The maximum Gasteiger partial charge on any atom is 0.333 e. The summed E-state index contributed by atoms with van der Waals surface area (Å²) < 4.78 is 12.3. The molecule has 1 aromatic heterocycles. The maximum atomic E-state index is 12.2. The molecule has 0 radical (unpaired) electrons. The number of esters is 1. The molecule has 0 saturated carbocycles. The first-order chi connectivity index (χ1) is 11.8. The molecule has 7 heteroatoms. The van der Waals surface area contributed by atoms with Gasteiger partial charge in [0.1, 0.15) is 11.9 Å². The van der Waals surface area contributed by atoms with Crippen molar-refractivity contribution < 1.29 is 14.3 Å². The summed E-state index contributed by atoms with van der Waals surface area (Å²) in [4.78, 5) is 26.5. The van der Waals surface area contributed by atoms with Gasteiger partial charge in [-0.1, -0.05) is 18.7 Å². The summed E-state index contributed by atoms with van der Waals surface area (Å²) in [6.45, 7) is 7.21. The van der Waals surface area contributed by atoms with E-state index in [1.807, 2.05) is 0 Å². The second kappa shape index (κ2) is 7.94. The number of H-pyrrole nitrogens is 1. The second-order valence-corrected chi connectivity index (χ2v) is 6.07. The van der Waals surface area contributed by atoms with Crippen LogP contribution in [0.25, 0.3) is 11.1 Å². The van der Waals surface area contributed by atoms with E-state index in [2.05, 4.69) is 11.6 Å². The summed E-state index contributed by atoms with van der Waals surface area (Å²) in [7, 11) is 1.58. The molecule has 2 aromatic rings. The number of carbonyl (C=O) groups excluding carboxylic acids is 1. The number of nitrogens with one attached hydrogen (secondary N) is 1. The lowest BCUT2D eigenvalue weighted by Crippen LogP contribution is -2.24. The van der Waals surface area contributed by atoms with Gasteiger partial charge in [0, 0.05) is 11.8 Å². The standard InChI is InChI=1S/C18H20N2O4S/c1-11(2)17(22)24-12(3)9-20-10-15(16(21)19-18(20)25)13-5-7-14(23-4)8-6-13/h5-8,10,12H,1,9H2,2-4H3,(H,19,21,25). The van der Waals surface area contributed by atoms with E-state index in [0.717, 1.165) is 5.56 Å². The highest BCUT2D eigenvalue weighted by Gasteiger charge is 2.13. The maximum absolute atomic E-state index is 12.2. The minimum absolute atomic E-state index is 0.264. The van der Waals surface area contributed by atoms with E-state index in [9.17, 15) is 9.59 Å². The van der Waals surface area contributed by atoms with Gasteiger partial charge in [0.15, 0.2) is 4.77 Å². The summed E-state index contributed by atoms with van der Waals surface area (Å²) in [6.07, 6.45) is 1.24. The average Bonchev–Trinajstić information content (AvgIpc) is 2.57. The van der Waals surface area contributed by atoms with Crippen molar-refractivity contribution in [3.63, 3.8) is 0 Å². The topological polar surface area (TPSA) is 73.3 Å². The summed E-state index contributed by atoms with van der Waals surface area (Å²) >= 11 is 5.20. The highest BCUT2D eigenvalue weighted by atomic mass is 32.1. The molecule has 0 fully saturated rings. The molecule has 0 bridgehead atoms. The van der Waals surface area contributed by atoms with Gasteiger partial charge < -0.3 is 14.0 Å². The van der Waals surface area contributed by atoms with Gasteiger partial charge in [0.25, 0.3) is 5.56 Å². The van der Waals surface area contributed by atoms with Crippen molar-refractivity contribution in [2.75, 3.05) is 7.11 Å². The number of rotatable bonds is 6. The molecule has 1 aromatic carbocycles. The van der Waals surface area contributed by atoms with E-state index < -0.39 is 12.1 Å². The molecule has 2 rings (SSSR count). The van der Waals surface area contributed by atoms with Crippen LogP contribution in [0, 0.1) is 4.77 Å². The molecule has 0 aliphatic carbocycles. The van der Waals surface area contributed by atoms with Gasteiger partial charge in [-0.2, -0.15) is 0 Å². The van der Waals surface area contributed by atoms with Crippen LogP contribution in [0.15, 0.2) is 47.4 Å². The van der Waals surface area contributed by atoms with E-state index in [1.54, 1.807) is 56.0 Å². The first-order valence-corrected chi connectivity index (χ1v) is 8.07. The number of aromatic nitrogens is 2. The molecule has 0 saturated heterocycles. The minimum Gasteiger partial charge on any atom is -0.497 e. The normalized spacial score (nSPS) is 11.6. The molecule has 1 N–H and O–H groups in total. The molecule has 1 heterocycles. The summed E-state index contributed by atoms with van der Waals surface area (Å²) in [5, 5.41) is 0. The second-order valence-electron chi connectivity index (χ2n) is 5.68. The van der Waals surface area contributed by atoms with Crippen LogP contribution in [0.2, 0.25) is 0 Å². The Hall–Kier alpha value is -2.67. The molecule has 25 heavy (non-hydrogen) atoms. The lowest BCUT2D eigenvalue weighted by Gasteiger charge is -2.16. The lowest BCUT2D eigenvalue weighted by molar-refractivity contribution is -0.143. The fourth-order valence-electron chi connectivity index (χ4n) is 2.22. The van der Waals surface area contributed by atoms with Gasteiger partial charge in [-0.05, 0) is 43.8 Å². The number of methoxy groups -OCH3 is 1. The van der Waals surface area contributed by atoms with Crippen molar-refractivity contribution in [2.24, 2.45) is 0 Å². The molecule has 132 valence electrons. The predicted molar refractivity (Wildman–Crippen MR) is 98.2 cm³/mol. The summed E-state index contributed by atoms with van der Waals surface area (Å²) in [5.41, 5.74) is 1.25. The monoisotopic (exact) mass is 360 g/mol. The Morgan fingerprint density at radius 1 is 1.36 bits per heavy atom. The van der Waals surface area contributed by atoms with Crippen LogP contribution in [-0.2, 0) is 16.1 Å². The van der Waals surface area contributed by atoms with E-state index >= 15 is 0 Å². The number of benzene rings is 1. The molecule has 6 nitrogen and oxygen atoms in total. The molecule has 0 aliphatic heterocycles. The van der Waals surface area contributed by atoms with Crippen LogP contribution in [0.4, 0.5) is 0 Å². The zero-order valence-electron chi connectivity index (χ0n) is 14.4. The van der Waals surface area contributed by atoms with Crippen molar-refractivity contribution in [3.8, 4) is 16.9 Å². The number of ether oxygens (including phenoxy) is 2. The zero-order valence-corrected chi connectivity index (χ0v) is 15.2. The summed E-state index contributed by atoms with van der Waals surface area (Å²) in [5.74, 6) is 0.243. The highest BCUT2D eigenvalue weighted by molar-refractivity contribution is 7.71. The van der Waals surface area contributed by atoms with Crippen molar-refractivity contribution in [1.29, 1.82) is 0 Å². The van der Waals surface area contributed by atoms with Gasteiger partial charge in [-0.25, -0.2) is 4.79 Å². The number of nitrogens with zero attached hydrogens (tertiary/aromatic N) is 1. The van der Waals surface area contributed by atoms with Gasteiger partial charge >= 0.3 is 5.97 Å². The van der Waals surface area contributed by atoms with Crippen molar-refractivity contribution >= 4 is 18.2 Å². The average molecular weight is 360 g/mol. The van der Waals surface area contributed by atoms with Crippen LogP contribution >= 0.6 is 12.2 Å². The van der Waals surface area contributed by atoms with E-state index in [-0.39, 0.29) is 10.3 Å². The third-order valence-corrected chi connectivity index (χ3v) is 3.86. The van der Waals surface area contributed by atoms with Crippen molar-refractivity contribution in [3.05, 3.63) is 57.7 Å². The van der Waals surface area contributed by atoms with Gasteiger partial charge in [-0.15, -0.1) is 0 Å². The van der Waals surface area contributed by atoms with E-state index in [4.69, 9.17) is 21.7 Å². The summed E-state index contributed by atoms with van der Waals surface area (Å²) in [6, 6.07) is 7.14. The number of hydrogen-bond donors (Lipinski definition) is 1. The third kappa shape index (κ3) is 4.67. The smallest absolute Gasteiger partial charge is 0.333 e. The Morgan fingerprint density at radius 2 is 2.00 bits per heavy atom. The van der Waals surface area contributed by atoms with Crippen LogP contribution in [0.5, 0.6) is 5.75 Å². The van der Waals surface area contributed by atoms with Crippen LogP contribution in [-0.4, -0.2) is 28.7 Å². The molecule has 0 spiro atoms. The van der Waals surface area contributed by atoms with Crippen LogP contribution in [0.3, 0.4) is 0 Å². The molecule has 1 atom stereocenters. The van der Waals surface area contributed by atoms with Gasteiger partial charge in [0.2, 0.25) is 0 Å². The molecule has 0 amide bonds. The number of hydrogen-bond acceptors (Lipinski definition) is 5. The molecular weight excluding hydrogens is 340 g/mol. The zero-order chi connectivity index (χ0) is 18.6. The van der Waals surface area contributed by atoms with Crippen LogP contribution in [0.1, 0.15) is 13.8 Å². The fourth-order valence-corrected chi connectivity index (χ4v) is 2.44. The highest BCUT2D eigenvalue weighted by Crippen LogP contribution is 2.19. The quantitative estimate of drug-likeness (QED) is 0.487.